The van der Waals surface area contributed by atoms with Gasteiger partial charge >= 0.3 is 0 Å². The summed E-state index contributed by atoms with van der Waals surface area (Å²) < 4.78 is 12.9. The number of carbonyl (C=O) groups excluding carboxylic acids is 2. The summed E-state index contributed by atoms with van der Waals surface area (Å²) in [5.74, 6) is -0.874. The Balaban J connectivity index is 1.60. The van der Waals surface area contributed by atoms with Crippen molar-refractivity contribution in [2.45, 2.75) is 18.9 Å². The van der Waals surface area contributed by atoms with Crippen molar-refractivity contribution < 1.29 is 14.0 Å². The summed E-state index contributed by atoms with van der Waals surface area (Å²) in [5, 5.41) is 2.61. The summed E-state index contributed by atoms with van der Waals surface area (Å²) in [6.45, 7) is 0.643. The van der Waals surface area contributed by atoms with Crippen molar-refractivity contribution in [2.24, 2.45) is 0 Å². The minimum absolute atomic E-state index is 0.0560. The van der Waals surface area contributed by atoms with E-state index in [1.165, 1.54) is 24.3 Å². The lowest BCUT2D eigenvalue weighted by molar-refractivity contribution is -0.131. The van der Waals surface area contributed by atoms with Gasteiger partial charge in [-0.05, 0) is 42.7 Å². The van der Waals surface area contributed by atoms with E-state index in [0.29, 0.717) is 12.1 Å². The molecular formula is C19H19FN2O2. The van der Waals surface area contributed by atoms with E-state index in [1.807, 2.05) is 35.2 Å². The van der Waals surface area contributed by atoms with Gasteiger partial charge in [0.15, 0.2) is 0 Å². The summed E-state index contributed by atoms with van der Waals surface area (Å²) in [6.07, 6.45) is 1.89. The first-order chi connectivity index (χ1) is 11.6. The first-order valence-corrected chi connectivity index (χ1v) is 8.03. The largest absolute Gasteiger partial charge is 0.343 e. The molecule has 5 heteroatoms. The Morgan fingerprint density at radius 1 is 1.08 bits per heavy atom. The Morgan fingerprint density at radius 3 is 2.50 bits per heavy atom. The average molecular weight is 326 g/mol. The van der Waals surface area contributed by atoms with Crippen LogP contribution >= 0.6 is 0 Å². The van der Waals surface area contributed by atoms with Gasteiger partial charge in [-0.3, -0.25) is 9.59 Å². The van der Waals surface area contributed by atoms with Gasteiger partial charge in [0.2, 0.25) is 5.91 Å². The SMILES string of the molecule is O=C(NCC(=O)N1CCC[C@H]1c1ccccc1)c1ccc(F)cc1. The number of amides is 2. The second kappa shape index (κ2) is 7.25. The molecule has 1 aliphatic heterocycles. The van der Waals surface area contributed by atoms with Crippen LogP contribution in [0.4, 0.5) is 4.39 Å². The summed E-state index contributed by atoms with van der Waals surface area (Å²) >= 11 is 0. The van der Waals surface area contributed by atoms with E-state index in [1.54, 1.807) is 0 Å². The normalized spacial score (nSPS) is 16.9. The van der Waals surface area contributed by atoms with Gasteiger partial charge in [-0.1, -0.05) is 30.3 Å². The fourth-order valence-corrected chi connectivity index (χ4v) is 3.05. The van der Waals surface area contributed by atoms with Gasteiger partial charge in [-0.2, -0.15) is 0 Å². The Bertz CT molecular complexity index is 716. The van der Waals surface area contributed by atoms with Crippen molar-refractivity contribution in [3.05, 3.63) is 71.5 Å². The van der Waals surface area contributed by atoms with E-state index in [-0.39, 0.29) is 24.4 Å². The molecule has 2 amide bonds. The fourth-order valence-electron chi connectivity index (χ4n) is 3.05. The number of benzene rings is 2. The topological polar surface area (TPSA) is 49.4 Å². The van der Waals surface area contributed by atoms with Crippen LogP contribution in [-0.4, -0.2) is 29.8 Å². The fraction of sp³-hybridized carbons (Fsp3) is 0.263. The highest BCUT2D eigenvalue weighted by Crippen LogP contribution is 2.31. The number of hydrogen-bond donors (Lipinski definition) is 1. The maximum absolute atomic E-state index is 12.9. The molecule has 1 aliphatic rings. The van der Waals surface area contributed by atoms with E-state index in [9.17, 15) is 14.0 Å². The number of carbonyl (C=O) groups is 2. The highest BCUT2D eigenvalue weighted by atomic mass is 19.1. The molecule has 1 N–H and O–H groups in total. The zero-order valence-electron chi connectivity index (χ0n) is 13.2. The summed E-state index contributed by atoms with van der Waals surface area (Å²) in [5.41, 5.74) is 1.46. The maximum Gasteiger partial charge on any atom is 0.251 e. The third-order valence-corrected chi connectivity index (χ3v) is 4.26. The predicted molar refractivity (Wildman–Crippen MR) is 88.9 cm³/mol. The quantitative estimate of drug-likeness (QED) is 0.939. The molecule has 1 atom stereocenters. The molecule has 0 radical (unpaired) electrons. The van der Waals surface area contributed by atoms with Crippen molar-refractivity contribution in [3.63, 3.8) is 0 Å². The maximum atomic E-state index is 12.9. The van der Waals surface area contributed by atoms with Crippen molar-refractivity contribution in [2.75, 3.05) is 13.1 Å². The van der Waals surface area contributed by atoms with Crippen molar-refractivity contribution in [1.82, 2.24) is 10.2 Å². The Hall–Kier alpha value is -2.69. The molecule has 24 heavy (non-hydrogen) atoms. The van der Waals surface area contributed by atoms with E-state index in [0.717, 1.165) is 18.4 Å². The van der Waals surface area contributed by atoms with Crippen LogP contribution in [0.5, 0.6) is 0 Å². The molecule has 0 aromatic heterocycles. The molecule has 3 rings (SSSR count). The molecule has 1 heterocycles. The van der Waals surface area contributed by atoms with Gasteiger partial charge in [0.25, 0.3) is 5.91 Å². The zero-order chi connectivity index (χ0) is 16.9. The van der Waals surface area contributed by atoms with Crippen LogP contribution in [0.25, 0.3) is 0 Å². The van der Waals surface area contributed by atoms with Gasteiger partial charge < -0.3 is 10.2 Å². The predicted octanol–water partition coefficient (Wildman–Crippen LogP) is 2.92. The molecule has 0 spiro atoms. The molecule has 0 aliphatic carbocycles. The smallest absolute Gasteiger partial charge is 0.251 e. The number of likely N-dealkylation sites (tertiary alicyclic amines) is 1. The Morgan fingerprint density at radius 2 is 1.79 bits per heavy atom. The Labute approximate surface area is 140 Å². The number of nitrogens with zero attached hydrogens (tertiary/aromatic N) is 1. The second-order valence-electron chi connectivity index (χ2n) is 5.85. The molecular weight excluding hydrogens is 307 g/mol. The van der Waals surface area contributed by atoms with E-state index >= 15 is 0 Å². The second-order valence-corrected chi connectivity index (χ2v) is 5.85. The van der Waals surface area contributed by atoms with Crippen LogP contribution in [0.3, 0.4) is 0 Å². The standard InChI is InChI=1S/C19H19FN2O2/c20-16-10-8-15(9-11-16)19(24)21-13-18(23)22-12-4-7-17(22)14-5-2-1-3-6-14/h1-3,5-6,8-11,17H,4,7,12-13H2,(H,21,24)/t17-/m0/s1. The van der Waals surface area contributed by atoms with E-state index < -0.39 is 5.82 Å². The first kappa shape index (κ1) is 16.2. The minimum atomic E-state index is -0.398. The molecule has 2 aromatic rings. The molecule has 4 nitrogen and oxygen atoms in total. The molecule has 0 unspecified atom stereocenters. The molecule has 1 fully saturated rings. The molecule has 0 bridgehead atoms. The van der Waals surface area contributed by atoms with Crippen LogP contribution in [0.15, 0.2) is 54.6 Å². The number of nitrogens with one attached hydrogen (secondary N) is 1. The molecule has 2 aromatic carbocycles. The van der Waals surface area contributed by atoms with Crippen LogP contribution in [-0.2, 0) is 4.79 Å². The number of hydrogen-bond acceptors (Lipinski definition) is 2. The highest BCUT2D eigenvalue weighted by molar-refractivity contribution is 5.96. The van der Waals surface area contributed by atoms with Crippen LogP contribution in [0, 0.1) is 5.82 Å². The van der Waals surface area contributed by atoms with Crippen molar-refractivity contribution in [1.29, 1.82) is 0 Å². The molecule has 0 saturated carbocycles. The van der Waals surface area contributed by atoms with Gasteiger partial charge in [-0.25, -0.2) is 4.39 Å². The Kier molecular flexibility index (Phi) is 4.89. The lowest BCUT2D eigenvalue weighted by Crippen LogP contribution is -2.39. The summed E-state index contributed by atoms with van der Waals surface area (Å²) in [6, 6.07) is 15.2. The van der Waals surface area contributed by atoms with Gasteiger partial charge in [-0.15, -0.1) is 0 Å². The van der Waals surface area contributed by atoms with Crippen LogP contribution < -0.4 is 5.32 Å². The summed E-state index contributed by atoms with van der Waals surface area (Å²) in [7, 11) is 0. The van der Waals surface area contributed by atoms with Gasteiger partial charge in [0, 0.05) is 12.1 Å². The van der Waals surface area contributed by atoms with Gasteiger partial charge in [0.05, 0.1) is 12.6 Å². The number of rotatable bonds is 4. The minimum Gasteiger partial charge on any atom is -0.343 e. The van der Waals surface area contributed by atoms with Crippen LogP contribution in [0.2, 0.25) is 0 Å². The number of halogens is 1. The van der Waals surface area contributed by atoms with Gasteiger partial charge in [0.1, 0.15) is 5.82 Å². The van der Waals surface area contributed by atoms with E-state index in [2.05, 4.69) is 5.32 Å². The zero-order valence-corrected chi connectivity index (χ0v) is 13.2. The monoisotopic (exact) mass is 326 g/mol. The average Bonchev–Trinajstić information content (AvgIpc) is 3.10. The lowest BCUT2D eigenvalue weighted by Gasteiger charge is -2.25. The highest BCUT2D eigenvalue weighted by Gasteiger charge is 2.29. The third-order valence-electron chi connectivity index (χ3n) is 4.26. The van der Waals surface area contributed by atoms with E-state index in [4.69, 9.17) is 0 Å². The third kappa shape index (κ3) is 3.62. The summed E-state index contributed by atoms with van der Waals surface area (Å²) in [4.78, 5) is 26.3. The van der Waals surface area contributed by atoms with Crippen molar-refractivity contribution in [3.8, 4) is 0 Å². The lowest BCUT2D eigenvalue weighted by atomic mass is 10.0. The van der Waals surface area contributed by atoms with Crippen LogP contribution in [0.1, 0.15) is 34.8 Å². The van der Waals surface area contributed by atoms with Crippen molar-refractivity contribution >= 4 is 11.8 Å². The first-order valence-electron chi connectivity index (χ1n) is 8.03. The molecule has 124 valence electrons. The molecule has 1 saturated heterocycles.